The van der Waals surface area contributed by atoms with Gasteiger partial charge in [-0.15, -0.1) is 0 Å². The molecule has 2 rings (SSSR count). The van der Waals surface area contributed by atoms with Gasteiger partial charge in [-0.3, -0.25) is 10.3 Å². The Kier molecular flexibility index (Phi) is 6.45. The number of allylic oxidation sites excluding steroid dienone is 2. The van der Waals surface area contributed by atoms with Crippen LogP contribution in [0.15, 0.2) is 39.8 Å². The van der Waals surface area contributed by atoms with Crippen LogP contribution in [0.2, 0.25) is 0 Å². The Hall–Kier alpha value is -1.88. The number of hydrogen-bond acceptors (Lipinski definition) is 4. The van der Waals surface area contributed by atoms with E-state index in [9.17, 15) is 0 Å². The molecule has 1 heterocycles. The predicted octanol–water partition coefficient (Wildman–Crippen LogP) is 5.10. The Bertz CT molecular complexity index is 727. The molecule has 4 nitrogen and oxygen atoms in total. The molecule has 1 N–H and O–H groups in total. The van der Waals surface area contributed by atoms with Gasteiger partial charge in [0.05, 0.1) is 5.69 Å². The van der Waals surface area contributed by atoms with Gasteiger partial charge in [0.1, 0.15) is 6.33 Å². The number of nitrogens with zero attached hydrogens (tertiary/aromatic N) is 3. The lowest BCUT2D eigenvalue weighted by Crippen LogP contribution is -2.45. The molecule has 1 aromatic rings. The molecule has 0 amide bonds. The number of rotatable bonds is 8. The van der Waals surface area contributed by atoms with Gasteiger partial charge in [0.15, 0.2) is 5.79 Å². The van der Waals surface area contributed by atoms with Crippen LogP contribution < -0.4 is 5.32 Å². The summed E-state index contributed by atoms with van der Waals surface area (Å²) in [5.74, 6) is -1.29. The molecule has 26 heavy (non-hydrogen) atoms. The van der Waals surface area contributed by atoms with Gasteiger partial charge >= 0.3 is 0 Å². The van der Waals surface area contributed by atoms with E-state index in [2.05, 4.69) is 40.8 Å². The molecule has 0 saturated heterocycles. The minimum absolute atomic E-state index is 0.0219. The Morgan fingerprint density at radius 3 is 2.46 bits per heavy atom. The molecule has 5 heteroatoms. The maximum atomic E-state index is 16.3. The second kappa shape index (κ2) is 8.21. The average Bonchev–Trinajstić information content (AvgIpc) is 3.44. The second-order valence-corrected chi connectivity index (χ2v) is 7.67. The number of halogens is 1. The first-order valence-corrected chi connectivity index (χ1v) is 9.28. The van der Waals surface area contributed by atoms with E-state index in [4.69, 9.17) is 0 Å². The van der Waals surface area contributed by atoms with Crippen molar-refractivity contribution in [2.45, 2.75) is 72.6 Å². The Balaban J connectivity index is 2.34. The van der Waals surface area contributed by atoms with E-state index in [0.29, 0.717) is 18.0 Å². The largest absolute Gasteiger partial charge is 0.275 e. The molecule has 0 spiro atoms. The Labute approximate surface area is 156 Å². The fraction of sp³-hybridized carbons (Fsp3) is 0.571. The molecule has 1 saturated carbocycles. The lowest BCUT2D eigenvalue weighted by Gasteiger charge is -2.32. The van der Waals surface area contributed by atoms with Crippen LogP contribution in [0.4, 0.5) is 4.39 Å². The minimum Gasteiger partial charge on any atom is -0.275 e. The monoisotopic (exact) mass is 358 g/mol. The molecule has 1 atom stereocenters. The average molecular weight is 359 g/mol. The highest BCUT2D eigenvalue weighted by atomic mass is 19.1. The maximum Gasteiger partial charge on any atom is 0.190 e. The van der Waals surface area contributed by atoms with Gasteiger partial charge in [-0.05, 0) is 64.8 Å². The van der Waals surface area contributed by atoms with E-state index in [1.807, 2.05) is 33.8 Å². The molecular formula is C21H31FN4. The zero-order valence-corrected chi connectivity index (χ0v) is 16.9. The van der Waals surface area contributed by atoms with Crippen LogP contribution in [0.5, 0.6) is 0 Å². The zero-order chi connectivity index (χ0) is 19.5. The van der Waals surface area contributed by atoms with Crippen molar-refractivity contribution >= 4 is 6.72 Å². The fourth-order valence-corrected chi connectivity index (χ4v) is 3.28. The van der Waals surface area contributed by atoms with Crippen molar-refractivity contribution < 1.29 is 4.39 Å². The molecule has 1 aromatic heterocycles. The lowest BCUT2D eigenvalue weighted by atomic mass is 9.88. The third-order valence-corrected chi connectivity index (χ3v) is 5.02. The van der Waals surface area contributed by atoms with Crippen LogP contribution in [0, 0.1) is 5.92 Å². The minimum atomic E-state index is -1.59. The van der Waals surface area contributed by atoms with Crippen molar-refractivity contribution in [2.24, 2.45) is 10.9 Å². The molecule has 1 aliphatic rings. The molecule has 142 valence electrons. The van der Waals surface area contributed by atoms with Gasteiger partial charge in [-0.1, -0.05) is 19.4 Å². The van der Waals surface area contributed by atoms with Crippen LogP contribution in [-0.4, -0.2) is 22.5 Å². The summed E-state index contributed by atoms with van der Waals surface area (Å²) >= 11 is 0. The van der Waals surface area contributed by atoms with E-state index in [1.54, 1.807) is 6.33 Å². The Morgan fingerprint density at radius 1 is 1.31 bits per heavy atom. The summed E-state index contributed by atoms with van der Waals surface area (Å²) in [6, 6.07) is 1.95. The van der Waals surface area contributed by atoms with Crippen molar-refractivity contribution in [3.63, 3.8) is 0 Å². The molecule has 0 aromatic carbocycles. The topological polar surface area (TPSA) is 50.2 Å². The van der Waals surface area contributed by atoms with E-state index in [0.717, 1.165) is 41.1 Å². The van der Waals surface area contributed by atoms with E-state index < -0.39 is 5.79 Å². The summed E-state index contributed by atoms with van der Waals surface area (Å²) in [5, 5.41) is 3.17. The van der Waals surface area contributed by atoms with Gasteiger partial charge in [0.2, 0.25) is 0 Å². The third kappa shape index (κ3) is 4.44. The van der Waals surface area contributed by atoms with Crippen molar-refractivity contribution in [1.29, 1.82) is 0 Å². The summed E-state index contributed by atoms with van der Waals surface area (Å²) in [7, 11) is 0. The molecular weight excluding hydrogens is 327 g/mol. The normalized spacial score (nSPS) is 17.5. The predicted molar refractivity (Wildman–Crippen MR) is 106 cm³/mol. The quantitative estimate of drug-likeness (QED) is 0.400. The molecule has 1 aliphatic carbocycles. The van der Waals surface area contributed by atoms with Gasteiger partial charge in [0, 0.05) is 29.4 Å². The van der Waals surface area contributed by atoms with E-state index in [1.165, 1.54) is 0 Å². The fourth-order valence-electron chi connectivity index (χ4n) is 3.28. The van der Waals surface area contributed by atoms with Crippen LogP contribution in [0.25, 0.3) is 0 Å². The van der Waals surface area contributed by atoms with Crippen LogP contribution in [-0.2, 0) is 6.54 Å². The summed E-state index contributed by atoms with van der Waals surface area (Å²) in [5.41, 5.74) is 5.04. The first-order chi connectivity index (χ1) is 12.2. The van der Waals surface area contributed by atoms with Gasteiger partial charge in [-0.2, -0.15) is 0 Å². The van der Waals surface area contributed by atoms with E-state index >= 15 is 4.39 Å². The molecule has 0 aliphatic heterocycles. The molecule has 0 radical (unpaired) electrons. The van der Waals surface area contributed by atoms with Crippen LogP contribution in [0.1, 0.15) is 71.7 Å². The Morgan fingerprint density at radius 2 is 1.96 bits per heavy atom. The van der Waals surface area contributed by atoms with Gasteiger partial charge in [0.25, 0.3) is 0 Å². The lowest BCUT2D eigenvalue weighted by molar-refractivity contribution is 0.129. The first kappa shape index (κ1) is 20.4. The number of aliphatic imine (C=N–C) groups is 1. The summed E-state index contributed by atoms with van der Waals surface area (Å²) in [4.78, 5) is 12.6. The highest BCUT2D eigenvalue weighted by Gasteiger charge is 2.49. The summed E-state index contributed by atoms with van der Waals surface area (Å²) in [6.45, 7) is 15.8. The van der Waals surface area contributed by atoms with Crippen molar-refractivity contribution in [3.05, 3.63) is 46.2 Å². The molecule has 1 unspecified atom stereocenters. The number of aromatic nitrogens is 2. The van der Waals surface area contributed by atoms with Crippen molar-refractivity contribution in [2.75, 3.05) is 0 Å². The number of nitrogens with one attached hydrogen (secondary N) is 1. The SMILES string of the molecule is C=N/C(C)=C(\C)C(=C(C)C)C(F)(NCc1cc(C(C)C)ncn1)C1CC1. The smallest absolute Gasteiger partial charge is 0.190 e. The summed E-state index contributed by atoms with van der Waals surface area (Å²) < 4.78 is 16.3. The van der Waals surface area contributed by atoms with Crippen LogP contribution in [0.3, 0.4) is 0 Å². The number of hydrogen-bond donors (Lipinski definition) is 1. The van der Waals surface area contributed by atoms with Crippen molar-refractivity contribution in [1.82, 2.24) is 15.3 Å². The maximum absolute atomic E-state index is 16.3. The highest BCUT2D eigenvalue weighted by Crippen LogP contribution is 2.48. The standard InChI is InChI=1S/C21H31FN4/c1-13(2)19-10-18(24-12-25-19)11-26-21(22,17-8-9-17)20(14(3)4)15(5)16(6)23-7/h10,12-13,17,26H,7-9,11H2,1-6H3/b16-15+. The molecule has 1 fully saturated rings. The van der Waals surface area contributed by atoms with Gasteiger partial charge < -0.3 is 0 Å². The van der Waals surface area contributed by atoms with Crippen molar-refractivity contribution in [3.8, 4) is 0 Å². The summed E-state index contributed by atoms with van der Waals surface area (Å²) in [6.07, 6.45) is 3.33. The third-order valence-electron chi connectivity index (χ3n) is 5.02. The van der Waals surface area contributed by atoms with Crippen LogP contribution >= 0.6 is 0 Å². The highest BCUT2D eigenvalue weighted by molar-refractivity contribution is 5.45. The molecule has 0 bridgehead atoms. The second-order valence-electron chi connectivity index (χ2n) is 7.67. The van der Waals surface area contributed by atoms with Gasteiger partial charge in [-0.25, -0.2) is 14.4 Å². The number of alkyl halides is 1. The zero-order valence-electron chi connectivity index (χ0n) is 16.9. The van der Waals surface area contributed by atoms with E-state index in [-0.39, 0.29) is 5.92 Å². The first-order valence-electron chi connectivity index (χ1n) is 9.28.